The SMILES string of the molecule is CC(C)OCC(O)CNC(C)(C)C.O=C(O)/C=C\C(=O)O. The molecule has 0 aromatic rings. The van der Waals surface area contributed by atoms with Crippen molar-refractivity contribution in [2.24, 2.45) is 0 Å². The van der Waals surface area contributed by atoms with Gasteiger partial charge in [-0.25, -0.2) is 9.59 Å². The molecule has 0 aliphatic heterocycles. The van der Waals surface area contributed by atoms with E-state index in [4.69, 9.17) is 14.9 Å². The molecule has 0 aromatic carbocycles. The molecule has 0 radical (unpaired) electrons. The molecular weight excluding hydrogens is 278 g/mol. The topological polar surface area (TPSA) is 116 Å². The maximum absolute atomic E-state index is 9.55. The minimum atomic E-state index is -1.26. The van der Waals surface area contributed by atoms with Crippen molar-refractivity contribution in [1.29, 1.82) is 0 Å². The van der Waals surface area contributed by atoms with Gasteiger partial charge in [0, 0.05) is 24.2 Å². The Bertz CT molecular complexity index is 317. The molecule has 0 heterocycles. The Morgan fingerprint density at radius 3 is 1.86 bits per heavy atom. The van der Waals surface area contributed by atoms with E-state index in [0.717, 1.165) is 0 Å². The number of aliphatic carboxylic acids is 2. The van der Waals surface area contributed by atoms with Crippen LogP contribution in [0.25, 0.3) is 0 Å². The molecule has 7 heteroatoms. The molecule has 124 valence electrons. The number of β-amino-alcohol motifs (C(OH)–C–C–N with tert-alkyl or cyclic N) is 1. The summed E-state index contributed by atoms with van der Waals surface area (Å²) in [5.41, 5.74) is 0.0544. The van der Waals surface area contributed by atoms with Crippen LogP contribution in [0.1, 0.15) is 34.6 Å². The van der Waals surface area contributed by atoms with Gasteiger partial charge in [0.2, 0.25) is 0 Å². The molecule has 1 atom stereocenters. The molecule has 0 rings (SSSR count). The van der Waals surface area contributed by atoms with E-state index in [9.17, 15) is 14.7 Å². The molecule has 0 aliphatic rings. The van der Waals surface area contributed by atoms with Gasteiger partial charge in [-0.1, -0.05) is 0 Å². The maximum Gasteiger partial charge on any atom is 0.328 e. The zero-order valence-electron chi connectivity index (χ0n) is 13.3. The van der Waals surface area contributed by atoms with E-state index >= 15 is 0 Å². The van der Waals surface area contributed by atoms with Crippen molar-refractivity contribution in [3.63, 3.8) is 0 Å². The molecule has 1 unspecified atom stereocenters. The molecule has 0 spiro atoms. The van der Waals surface area contributed by atoms with Crippen molar-refractivity contribution in [3.8, 4) is 0 Å². The van der Waals surface area contributed by atoms with Crippen molar-refractivity contribution < 1.29 is 29.6 Å². The highest BCUT2D eigenvalue weighted by Gasteiger charge is 2.12. The summed E-state index contributed by atoms with van der Waals surface area (Å²) in [5.74, 6) is -2.51. The summed E-state index contributed by atoms with van der Waals surface area (Å²) < 4.78 is 5.28. The van der Waals surface area contributed by atoms with Gasteiger partial charge in [0.15, 0.2) is 0 Å². The van der Waals surface area contributed by atoms with Gasteiger partial charge in [-0.2, -0.15) is 0 Å². The van der Waals surface area contributed by atoms with Gasteiger partial charge in [0.25, 0.3) is 0 Å². The van der Waals surface area contributed by atoms with E-state index in [2.05, 4.69) is 26.1 Å². The molecule has 21 heavy (non-hydrogen) atoms. The first-order chi connectivity index (χ1) is 9.44. The van der Waals surface area contributed by atoms with Crippen molar-refractivity contribution in [2.75, 3.05) is 13.2 Å². The third-order valence-electron chi connectivity index (χ3n) is 1.86. The Hall–Kier alpha value is -1.44. The molecule has 0 bridgehead atoms. The minimum absolute atomic E-state index is 0.0544. The van der Waals surface area contributed by atoms with Crippen LogP contribution in [0, 0.1) is 0 Å². The van der Waals surface area contributed by atoms with Crippen molar-refractivity contribution in [2.45, 2.75) is 52.4 Å². The van der Waals surface area contributed by atoms with Crippen LogP contribution in [-0.2, 0) is 14.3 Å². The highest BCUT2D eigenvalue weighted by atomic mass is 16.5. The predicted octanol–water partition coefficient (Wildman–Crippen LogP) is 0.872. The molecule has 0 saturated heterocycles. The fraction of sp³-hybridized carbons (Fsp3) is 0.714. The Balaban J connectivity index is 0. The van der Waals surface area contributed by atoms with E-state index in [1.165, 1.54) is 0 Å². The fourth-order valence-electron chi connectivity index (χ4n) is 0.929. The Kier molecular flexibility index (Phi) is 11.7. The van der Waals surface area contributed by atoms with E-state index in [-0.39, 0.29) is 11.6 Å². The Morgan fingerprint density at radius 2 is 1.57 bits per heavy atom. The van der Waals surface area contributed by atoms with Crippen LogP contribution in [0.15, 0.2) is 12.2 Å². The van der Waals surface area contributed by atoms with Gasteiger partial charge in [-0.3, -0.25) is 0 Å². The van der Waals surface area contributed by atoms with Crippen LogP contribution < -0.4 is 5.32 Å². The quantitative estimate of drug-likeness (QED) is 0.516. The maximum atomic E-state index is 9.55. The average Bonchev–Trinajstić information content (AvgIpc) is 2.31. The van der Waals surface area contributed by atoms with Crippen LogP contribution in [0.4, 0.5) is 0 Å². The number of ether oxygens (including phenoxy) is 1. The third kappa shape index (κ3) is 24.0. The summed E-state index contributed by atoms with van der Waals surface area (Å²) in [5, 5.41) is 28.3. The summed E-state index contributed by atoms with van der Waals surface area (Å²) in [7, 11) is 0. The minimum Gasteiger partial charge on any atom is -0.478 e. The first-order valence-electron chi connectivity index (χ1n) is 6.62. The zero-order valence-corrected chi connectivity index (χ0v) is 13.3. The summed E-state index contributed by atoms with van der Waals surface area (Å²) in [6.07, 6.45) is 0.885. The second-order valence-corrected chi connectivity index (χ2v) is 5.68. The van der Waals surface area contributed by atoms with Crippen molar-refractivity contribution in [1.82, 2.24) is 5.32 Å². The highest BCUT2D eigenvalue weighted by Crippen LogP contribution is 1.99. The molecule has 0 aliphatic carbocycles. The number of hydrogen-bond donors (Lipinski definition) is 4. The van der Waals surface area contributed by atoms with Crippen LogP contribution in [0.2, 0.25) is 0 Å². The van der Waals surface area contributed by atoms with Crippen LogP contribution in [0.5, 0.6) is 0 Å². The molecular formula is C14H27NO6. The number of carboxylic acid groups (broad SMARTS) is 2. The Morgan fingerprint density at radius 1 is 1.14 bits per heavy atom. The van der Waals surface area contributed by atoms with E-state index in [1.54, 1.807) is 0 Å². The number of aliphatic hydroxyl groups is 1. The monoisotopic (exact) mass is 305 g/mol. The summed E-state index contributed by atoms with van der Waals surface area (Å²) in [4.78, 5) is 19.1. The lowest BCUT2D eigenvalue weighted by Gasteiger charge is -2.23. The lowest BCUT2D eigenvalue weighted by atomic mass is 10.1. The van der Waals surface area contributed by atoms with Gasteiger partial charge >= 0.3 is 11.9 Å². The molecule has 0 saturated carbocycles. The van der Waals surface area contributed by atoms with Gasteiger partial charge in [-0.05, 0) is 34.6 Å². The molecule has 0 aromatic heterocycles. The normalized spacial score (nSPS) is 12.9. The number of carboxylic acids is 2. The molecule has 0 amide bonds. The molecule has 4 N–H and O–H groups in total. The van der Waals surface area contributed by atoms with Crippen molar-refractivity contribution in [3.05, 3.63) is 12.2 Å². The van der Waals surface area contributed by atoms with E-state index in [0.29, 0.717) is 25.3 Å². The van der Waals surface area contributed by atoms with Gasteiger partial charge in [-0.15, -0.1) is 0 Å². The third-order valence-corrected chi connectivity index (χ3v) is 1.86. The lowest BCUT2D eigenvalue weighted by Crippen LogP contribution is -2.42. The Labute approximate surface area is 125 Å². The van der Waals surface area contributed by atoms with Crippen LogP contribution >= 0.6 is 0 Å². The standard InChI is InChI=1S/C10H23NO2.C4H4O4/c1-8(2)13-7-9(12)6-11-10(3,4)5;5-3(6)1-2-4(7)8/h8-9,11-12H,6-7H2,1-5H3;1-2H,(H,5,6)(H,7,8)/b;2-1-. The summed E-state index contributed by atoms with van der Waals surface area (Å²) in [6, 6.07) is 0. The second kappa shape index (κ2) is 11.2. The first-order valence-corrected chi connectivity index (χ1v) is 6.62. The zero-order chi connectivity index (χ0) is 17.1. The smallest absolute Gasteiger partial charge is 0.328 e. The molecule has 7 nitrogen and oxygen atoms in total. The highest BCUT2D eigenvalue weighted by molar-refractivity contribution is 5.89. The summed E-state index contributed by atoms with van der Waals surface area (Å²) >= 11 is 0. The largest absolute Gasteiger partial charge is 0.478 e. The van der Waals surface area contributed by atoms with E-state index in [1.807, 2.05) is 13.8 Å². The fourth-order valence-corrected chi connectivity index (χ4v) is 0.929. The molecule has 0 fully saturated rings. The van der Waals surface area contributed by atoms with Gasteiger partial charge in [0.05, 0.1) is 18.8 Å². The van der Waals surface area contributed by atoms with Crippen molar-refractivity contribution >= 4 is 11.9 Å². The second-order valence-electron chi connectivity index (χ2n) is 5.68. The number of rotatable bonds is 7. The number of carbonyl (C=O) groups is 2. The number of nitrogens with one attached hydrogen (secondary N) is 1. The number of aliphatic hydroxyl groups excluding tert-OH is 1. The predicted molar refractivity (Wildman–Crippen MR) is 79.3 cm³/mol. The lowest BCUT2D eigenvalue weighted by molar-refractivity contribution is -0.134. The van der Waals surface area contributed by atoms with Gasteiger partial charge < -0.3 is 25.4 Å². The first kappa shape index (κ1) is 21.9. The van der Waals surface area contributed by atoms with Crippen LogP contribution in [0.3, 0.4) is 0 Å². The van der Waals surface area contributed by atoms with Gasteiger partial charge in [0.1, 0.15) is 0 Å². The average molecular weight is 305 g/mol. The number of hydrogen-bond acceptors (Lipinski definition) is 5. The summed E-state index contributed by atoms with van der Waals surface area (Å²) in [6.45, 7) is 11.1. The van der Waals surface area contributed by atoms with Crippen LogP contribution in [-0.4, -0.2) is 58.2 Å². The van der Waals surface area contributed by atoms with E-state index < -0.39 is 18.0 Å².